The van der Waals surface area contributed by atoms with E-state index in [9.17, 15) is 4.79 Å². The first kappa shape index (κ1) is 6.02. The molecule has 0 aliphatic rings. The molecule has 0 fully saturated rings. The number of fused-ring (bicyclic) bond motifs is 1. The molecule has 2 aromatic heterocycles. The fourth-order valence-corrected chi connectivity index (χ4v) is 0.807. The van der Waals surface area contributed by atoms with Crippen molar-refractivity contribution in [3.8, 4) is 0 Å². The highest BCUT2D eigenvalue weighted by atomic mass is 16.1. The Hall–Kier alpha value is -1.72. The molecular formula is C5H5N5O. The zero-order valence-electron chi connectivity index (χ0n) is 5.80. The summed E-state index contributed by atoms with van der Waals surface area (Å²) in [4.78, 5) is 14.4. The zero-order chi connectivity index (χ0) is 7.84. The molecule has 0 atom stereocenters. The van der Waals surface area contributed by atoms with Crippen molar-refractivity contribution in [3.05, 3.63) is 22.9 Å². The van der Waals surface area contributed by atoms with E-state index in [1.54, 1.807) is 11.6 Å². The van der Waals surface area contributed by atoms with E-state index < -0.39 is 0 Å². The molecular weight excluding hydrogens is 146 g/mol. The van der Waals surface area contributed by atoms with Gasteiger partial charge in [0.2, 0.25) is 0 Å². The Bertz CT molecular complexity index is 441. The summed E-state index contributed by atoms with van der Waals surface area (Å²) in [5.74, 6) is 0.442. The van der Waals surface area contributed by atoms with Gasteiger partial charge < -0.3 is 4.57 Å². The van der Waals surface area contributed by atoms with Gasteiger partial charge in [0.25, 0.3) is 11.3 Å². The van der Waals surface area contributed by atoms with Gasteiger partial charge in [-0.2, -0.15) is 4.98 Å². The minimum atomic E-state index is -0.353. The summed E-state index contributed by atoms with van der Waals surface area (Å²) in [5, 5.41) is 7.54. The molecule has 0 saturated heterocycles. The maximum atomic E-state index is 10.7. The minimum absolute atomic E-state index is 0.353. The lowest BCUT2D eigenvalue weighted by atomic mass is 10.8. The van der Waals surface area contributed by atoms with Gasteiger partial charge in [0.1, 0.15) is 12.5 Å². The molecule has 0 spiro atoms. The molecule has 0 amide bonds. The van der Waals surface area contributed by atoms with Gasteiger partial charge in [0, 0.05) is 7.05 Å². The molecule has 11 heavy (non-hydrogen) atoms. The normalized spacial score (nSPS) is 10.6. The second kappa shape index (κ2) is 1.88. The second-order valence-corrected chi connectivity index (χ2v) is 2.13. The Kier molecular flexibility index (Phi) is 1.03. The average molecular weight is 151 g/mol. The molecule has 2 heterocycles. The first-order valence-corrected chi connectivity index (χ1v) is 3.01. The van der Waals surface area contributed by atoms with Gasteiger partial charge in [-0.1, -0.05) is 0 Å². The smallest absolute Gasteiger partial charge is 0.293 e. The summed E-state index contributed by atoms with van der Waals surface area (Å²) < 4.78 is 2.91. The van der Waals surface area contributed by atoms with Gasteiger partial charge in [-0.3, -0.25) is 4.79 Å². The molecule has 0 aromatic carbocycles. The molecule has 2 rings (SSSR count). The molecule has 56 valence electrons. The molecule has 2 aromatic rings. The average Bonchev–Trinajstić information content (AvgIpc) is 2.33. The Balaban J connectivity index is 2.98. The molecule has 0 unspecified atom stereocenters. The van der Waals surface area contributed by atoms with Gasteiger partial charge in [0.15, 0.2) is 0 Å². The van der Waals surface area contributed by atoms with Crippen LogP contribution in [0.25, 0.3) is 5.78 Å². The first-order valence-electron chi connectivity index (χ1n) is 3.01. The molecule has 0 N–H and O–H groups in total. The highest BCUT2D eigenvalue weighted by Gasteiger charge is 1.98. The van der Waals surface area contributed by atoms with Crippen LogP contribution >= 0.6 is 0 Å². The van der Waals surface area contributed by atoms with Gasteiger partial charge in [-0.15, -0.1) is 14.8 Å². The van der Waals surface area contributed by atoms with Gasteiger partial charge >= 0.3 is 0 Å². The standard InChI is InChI=1S/C5H5N5O/c1-9-3-7-10-5(9)8-4(11)2-6-10/h2-3H,1H3. The van der Waals surface area contributed by atoms with E-state index >= 15 is 0 Å². The quantitative estimate of drug-likeness (QED) is 0.475. The van der Waals surface area contributed by atoms with Crippen molar-refractivity contribution in [2.45, 2.75) is 0 Å². The van der Waals surface area contributed by atoms with E-state index in [0.717, 1.165) is 6.20 Å². The highest BCUT2D eigenvalue weighted by Crippen LogP contribution is 1.87. The number of hydrogen-bond acceptors (Lipinski definition) is 4. The van der Waals surface area contributed by atoms with Gasteiger partial charge in [-0.25, -0.2) is 0 Å². The van der Waals surface area contributed by atoms with E-state index in [0.29, 0.717) is 5.78 Å². The predicted molar refractivity (Wildman–Crippen MR) is 36.0 cm³/mol. The van der Waals surface area contributed by atoms with E-state index in [1.807, 2.05) is 0 Å². The molecule has 0 saturated carbocycles. The van der Waals surface area contributed by atoms with E-state index in [4.69, 9.17) is 0 Å². The lowest BCUT2D eigenvalue weighted by Gasteiger charge is -1.88. The molecule has 6 heteroatoms. The number of nitrogens with zero attached hydrogens (tertiary/aromatic N) is 5. The maximum absolute atomic E-state index is 10.7. The minimum Gasteiger partial charge on any atom is -0.301 e. The fourth-order valence-electron chi connectivity index (χ4n) is 0.807. The van der Waals surface area contributed by atoms with Crippen LogP contribution in [-0.4, -0.2) is 24.4 Å². The predicted octanol–water partition coefficient (Wildman–Crippen LogP) is -1.18. The van der Waals surface area contributed by atoms with Crippen LogP contribution in [0.5, 0.6) is 0 Å². The van der Waals surface area contributed by atoms with Crippen LogP contribution in [0.3, 0.4) is 0 Å². The van der Waals surface area contributed by atoms with Crippen molar-refractivity contribution in [2.75, 3.05) is 0 Å². The summed E-state index contributed by atoms with van der Waals surface area (Å²) in [7, 11) is 1.75. The third-order valence-electron chi connectivity index (χ3n) is 1.32. The third kappa shape index (κ3) is 0.794. The van der Waals surface area contributed by atoms with Crippen LogP contribution in [0.15, 0.2) is 17.3 Å². The topological polar surface area (TPSA) is 65.1 Å². The summed E-state index contributed by atoms with van der Waals surface area (Å²) >= 11 is 0. The van der Waals surface area contributed by atoms with Crippen molar-refractivity contribution in [1.29, 1.82) is 0 Å². The van der Waals surface area contributed by atoms with E-state index in [1.165, 1.54) is 11.0 Å². The first-order chi connectivity index (χ1) is 5.27. The lowest BCUT2D eigenvalue weighted by molar-refractivity contribution is 0.770. The lowest BCUT2D eigenvalue weighted by Crippen LogP contribution is -2.11. The number of rotatable bonds is 0. The van der Waals surface area contributed by atoms with Gasteiger partial charge in [-0.05, 0) is 0 Å². The second-order valence-electron chi connectivity index (χ2n) is 2.13. The Morgan fingerprint density at radius 2 is 2.27 bits per heavy atom. The molecule has 0 aliphatic heterocycles. The van der Waals surface area contributed by atoms with Crippen LogP contribution in [0.2, 0.25) is 0 Å². The van der Waals surface area contributed by atoms with Crippen molar-refractivity contribution in [2.24, 2.45) is 7.05 Å². The highest BCUT2D eigenvalue weighted by molar-refractivity contribution is 5.22. The SMILES string of the molecule is Cn1cnn2ncc(=O)nc12. The Labute approximate surface area is 61.1 Å². The molecule has 0 bridgehead atoms. The third-order valence-corrected chi connectivity index (χ3v) is 1.32. The van der Waals surface area contributed by atoms with Crippen molar-refractivity contribution in [1.82, 2.24) is 24.4 Å². The number of aryl methyl sites for hydroxylation is 1. The van der Waals surface area contributed by atoms with Crippen LogP contribution in [0.4, 0.5) is 0 Å². The van der Waals surface area contributed by atoms with Crippen molar-refractivity contribution in [3.63, 3.8) is 0 Å². The summed E-state index contributed by atoms with van der Waals surface area (Å²) in [5.41, 5.74) is -0.353. The molecule has 0 radical (unpaired) electrons. The van der Waals surface area contributed by atoms with Crippen LogP contribution in [0, 0.1) is 0 Å². The Morgan fingerprint density at radius 1 is 1.45 bits per heavy atom. The summed E-state index contributed by atoms with van der Waals surface area (Å²) in [6.45, 7) is 0. The van der Waals surface area contributed by atoms with Crippen LogP contribution in [-0.2, 0) is 7.05 Å². The number of hydrogen-bond donors (Lipinski definition) is 0. The van der Waals surface area contributed by atoms with Crippen LogP contribution in [0.1, 0.15) is 0 Å². The summed E-state index contributed by atoms with van der Waals surface area (Å²) in [6.07, 6.45) is 2.66. The zero-order valence-corrected chi connectivity index (χ0v) is 5.80. The Morgan fingerprint density at radius 3 is 3.09 bits per heavy atom. The summed E-state index contributed by atoms with van der Waals surface area (Å²) in [6, 6.07) is 0. The van der Waals surface area contributed by atoms with Crippen molar-refractivity contribution < 1.29 is 0 Å². The van der Waals surface area contributed by atoms with E-state index in [-0.39, 0.29) is 5.56 Å². The van der Waals surface area contributed by atoms with E-state index in [2.05, 4.69) is 15.2 Å². The largest absolute Gasteiger partial charge is 0.301 e. The fraction of sp³-hybridized carbons (Fsp3) is 0.200. The monoisotopic (exact) mass is 151 g/mol. The van der Waals surface area contributed by atoms with Crippen molar-refractivity contribution >= 4 is 5.78 Å². The van der Waals surface area contributed by atoms with Crippen LogP contribution < -0.4 is 5.56 Å². The van der Waals surface area contributed by atoms with Gasteiger partial charge in [0.05, 0.1) is 0 Å². The molecule has 0 aliphatic carbocycles. The maximum Gasteiger partial charge on any atom is 0.293 e. The number of aromatic nitrogens is 5. The molecule has 6 nitrogen and oxygen atoms in total.